The number of aliphatic imine (C=N–C) groups is 1. The van der Waals surface area contributed by atoms with E-state index < -0.39 is 0 Å². The van der Waals surface area contributed by atoms with Crippen LogP contribution in [-0.2, 0) is 4.79 Å². The van der Waals surface area contributed by atoms with Crippen molar-refractivity contribution in [3.8, 4) is 0 Å². The summed E-state index contributed by atoms with van der Waals surface area (Å²) in [6, 6.07) is 9.37. The average Bonchev–Trinajstić information content (AvgIpc) is 2.19. The summed E-state index contributed by atoms with van der Waals surface area (Å²) in [6.07, 6.45) is 1.31. The van der Waals surface area contributed by atoms with Crippen LogP contribution >= 0.6 is 0 Å². The minimum absolute atomic E-state index is 0.121. The van der Waals surface area contributed by atoms with Crippen molar-refractivity contribution in [1.82, 2.24) is 4.90 Å². The number of benzene rings is 1. The second kappa shape index (κ2) is 5.00. The third-order valence-electron chi connectivity index (χ3n) is 1.58. The first-order valence-corrected chi connectivity index (χ1v) is 4.26. The monoisotopic (exact) mass is 188 g/mol. The SMILES string of the molecule is CN(C)C(=O)C=C=Nc1ccccc1. The van der Waals surface area contributed by atoms with Gasteiger partial charge in [0.15, 0.2) is 0 Å². The van der Waals surface area contributed by atoms with E-state index in [0.717, 1.165) is 5.69 Å². The molecule has 0 aliphatic carbocycles. The van der Waals surface area contributed by atoms with Gasteiger partial charge in [0.25, 0.3) is 5.91 Å². The first kappa shape index (κ1) is 10.2. The van der Waals surface area contributed by atoms with Crippen molar-refractivity contribution in [3.05, 3.63) is 36.4 Å². The van der Waals surface area contributed by atoms with Gasteiger partial charge < -0.3 is 4.90 Å². The smallest absolute Gasteiger partial charge is 0.255 e. The fraction of sp³-hybridized carbons (Fsp3) is 0.182. The Morgan fingerprint density at radius 2 is 2.00 bits per heavy atom. The second-order valence-corrected chi connectivity index (χ2v) is 2.95. The maximum Gasteiger partial charge on any atom is 0.255 e. The summed E-state index contributed by atoms with van der Waals surface area (Å²) >= 11 is 0. The van der Waals surface area contributed by atoms with Crippen molar-refractivity contribution in [1.29, 1.82) is 0 Å². The number of nitrogens with zero attached hydrogens (tertiary/aromatic N) is 2. The van der Waals surface area contributed by atoms with E-state index in [1.54, 1.807) is 14.1 Å². The highest BCUT2D eigenvalue weighted by Gasteiger charge is 1.94. The topological polar surface area (TPSA) is 32.7 Å². The highest BCUT2D eigenvalue weighted by molar-refractivity contribution is 5.95. The zero-order valence-electron chi connectivity index (χ0n) is 8.27. The standard InChI is InChI=1S/C11H12N2O/c1-13(2)11(14)8-9-12-10-6-4-3-5-7-10/h3-8H,1-2H3. The van der Waals surface area contributed by atoms with Gasteiger partial charge in [0, 0.05) is 14.1 Å². The van der Waals surface area contributed by atoms with Crippen LogP contribution in [0.15, 0.2) is 41.4 Å². The lowest BCUT2D eigenvalue weighted by Crippen LogP contribution is -2.18. The van der Waals surface area contributed by atoms with Crippen molar-refractivity contribution >= 4 is 17.5 Å². The third kappa shape index (κ3) is 3.25. The van der Waals surface area contributed by atoms with Crippen LogP contribution in [0.1, 0.15) is 0 Å². The Morgan fingerprint density at radius 1 is 1.36 bits per heavy atom. The van der Waals surface area contributed by atoms with Gasteiger partial charge >= 0.3 is 0 Å². The number of amides is 1. The highest BCUT2D eigenvalue weighted by atomic mass is 16.2. The van der Waals surface area contributed by atoms with Gasteiger partial charge in [0.2, 0.25) is 0 Å². The summed E-state index contributed by atoms with van der Waals surface area (Å²) in [5, 5.41) is 0. The molecule has 72 valence electrons. The molecule has 0 spiro atoms. The van der Waals surface area contributed by atoms with E-state index in [-0.39, 0.29) is 5.91 Å². The van der Waals surface area contributed by atoms with Crippen LogP contribution in [0.5, 0.6) is 0 Å². The molecule has 3 nitrogen and oxygen atoms in total. The van der Waals surface area contributed by atoms with Gasteiger partial charge in [-0.1, -0.05) is 18.2 Å². The van der Waals surface area contributed by atoms with Crippen molar-refractivity contribution in [3.63, 3.8) is 0 Å². The molecule has 0 unspecified atom stereocenters. The van der Waals surface area contributed by atoms with E-state index in [2.05, 4.69) is 10.9 Å². The lowest BCUT2D eigenvalue weighted by Gasteiger charge is -2.03. The van der Waals surface area contributed by atoms with Crippen LogP contribution in [0.4, 0.5) is 5.69 Å². The van der Waals surface area contributed by atoms with Crippen molar-refractivity contribution in [2.45, 2.75) is 0 Å². The van der Waals surface area contributed by atoms with Crippen molar-refractivity contribution < 1.29 is 4.79 Å². The molecule has 1 amide bonds. The summed E-state index contributed by atoms with van der Waals surface area (Å²) in [5.74, 6) is 2.47. The van der Waals surface area contributed by atoms with E-state index in [9.17, 15) is 4.79 Å². The zero-order valence-corrected chi connectivity index (χ0v) is 8.27. The second-order valence-electron chi connectivity index (χ2n) is 2.95. The number of likely N-dealkylation sites (N-methyl/N-ethyl adjacent to an activating group) is 1. The van der Waals surface area contributed by atoms with Crippen LogP contribution in [0.25, 0.3) is 0 Å². The molecule has 0 bridgehead atoms. The van der Waals surface area contributed by atoms with Gasteiger partial charge in [-0.2, -0.15) is 0 Å². The summed E-state index contributed by atoms with van der Waals surface area (Å²) in [4.78, 5) is 16.5. The van der Waals surface area contributed by atoms with Crippen LogP contribution in [0.3, 0.4) is 0 Å². The van der Waals surface area contributed by atoms with Crippen LogP contribution in [0.2, 0.25) is 0 Å². The van der Waals surface area contributed by atoms with Gasteiger partial charge in [-0.3, -0.25) is 4.79 Å². The molecule has 0 fully saturated rings. The Balaban J connectivity index is 2.69. The van der Waals surface area contributed by atoms with E-state index in [1.807, 2.05) is 30.3 Å². The number of carbonyl (C=O) groups excluding carboxylic acids is 1. The van der Waals surface area contributed by atoms with E-state index in [0.29, 0.717) is 0 Å². The molecule has 0 aliphatic rings. The van der Waals surface area contributed by atoms with Crippen molar-refractivity contribution in [2.75, 3.05) is 14.1 Å². The molecular weight excluding hydrogens is 176 g/mol. The lowest BCUT2D eigenvalue weighted by atomic mass is 10.3. The van der Waals surface area contributed by atoms with Crippen LogP contribution in [-0.4, -0.2) is 30.8 Å². The maximum absolute atomic E-state index is 11.1. The summed E-state index contributed by atoms with van der Waals surface area (Å²) in [5.41, 5.74) is 0.787. The van der Waals surface area contributed by atoms with Crippen LogP contribution in [0, 0.1) is 0 Å². The fourth-order valence-corrected chi connectivity index (χ4v) is 0.794. The van der Waals surface area contributed by atoms with Gasteiger partial charge in [0.05, 0.1) is 11.8 Å². The van der Waals surface area contributed by atoms with E-state index >= 15 is 0 Å². The van der Waals surface area contributed by atoms with E-state index in [1.165, 1.54) is 11.0 Å². The molecule has 0 radical (unpaired) electrons. The molecule has 1 aromatic carbocycles. The molecule has 3 heteroatoms. The number of para-hydroxylation sites is 1. The first-order chi connectivity index (χ1) is 6.70. The van der Waals surface area contributed by atoms with Gasteiger partial charge in [-0.05, 0) is 18.0 Å². The lowest BCUT2D eigenvalue weighted by molar-refractivity contribution is -0.123. The molecule has 0 atom stereocenters. The Kier molecular flexibility index (Phi) is 3.65. The predicted molar refractivity (Wildman–Crippen MR) is 56.8 cm³/mol. The molecular formula is C11H12N2O. The summed E-state index contributed by atoms with van der Waals surface area (Å²) in [6.45, 7) is 0. The summed E-state index contributed by atoms with van der Waals surface area (Å²) < 4.78 is 0. The predicted octanol–water partition coefficient (Wildman–Crippen LogP) is 1.63. The molecule has 0 heterocycles. The third-order valence-corrected chi connectivity index (χ3v) is 1.58. The number of hydrogen-bond donors (Lipinski definition) is 0. The Bertz CT molecular complexity index is 362. The Hall–Kier alpha value is -1.86. The van der Waals surface area contributed by atoms with Gasteiger partial charge in [0.1, 0.15) is 0 Å². The van der Waals surface area contributed by atoms with Crippen LogP contribution < -0.4 is 0 Å². The highest BCUT2D eigenvalue weighted by Crippen LogP contribution is 2.07. The zero-order chi connectivity index (χ0) is 10.4. The maximum atomic E-state index is 11.1. The Morgan fingerprint density at radius 3 is 2.57 bits per heavy atom. The van der Waals surface area contributed by atoms with E-state index in [4.69, 9.17) is 0 Å². The molecule has 0 aromatic heterocycles. The number of hydrogen-bond acceptors (Lipinski definition) is 2. The quantitative estimate of drug-likeness (QED) is 0.513. The summed E-state index contributed by atoms with van der Waals surface area (Å²) in [7, 11) is 3.37. The molecule has 0 saturated carbocycles. The average molecular weight is 188 g/mol. The normalized spacial score (nSPS) is 8.71. The minimum Gasteiger partial charge on any atom is -0.345 e. The number of rotatable bonds is 2. The van der Waals surface area contributed by atoms with Gasteiger partial charge in [-0.15, -0.1) is 0 Å². The molecule has 1 aromatic rings. The number of carbonyl (C=O) groups is 1. The molecule has 14 heavy (non-hydrogen) atoms. The first-order valence-electron chi connectivity index (χ1n) is 4.26. The minimum atomic E-state index is -0.121. The fourth-order valence-electron chi connectivity index (χ4n) is 0.794. The van der Waals surface area contributed by atoms with Crippen molar-refractivity contribution in [2.24, 2.45) is 4.99 Å². The molecule has 0 aliphatic heterocycles. The largest absolute Gasteiger partial charge is 0.345 e. The van der Waals surface area contributed by atoms with Gasteiger partial charge in [-0.25, -0.2) is 4.99 Å². The molecule has 0 saturated heterocycles. The molecule has 0 N–H and O–H groups in total. The Labute approximate surface area is 83.4 Å². The molecule has 1 rings (SSSR count).